The summed E-state index contributed by atoms with van der Waals surface area (Å²) in [6, 6.07) is 7.78. The van der Waals surface area contributed by atoms with Gasteiger partial charge in [-0.2, -0.15) is 0 Å². The number of hydrogen-bond donors (Lipinski definition) is 1. The van der Waals surface area contributed by atoms with Crippen LogP contribution >= 0.6 is 22.6 Å². The van der Waals surface area contributed by atoms with Crippen LogP contribution in [0, 0.1) is 48.7 Å². The molecule has 1 N–H and O–H groups in total. The molecule has 0 fully saturated rings. The van der Waals surface area contributed by atoms with Crippen molar-refractivity contribution in [2.75, 3.05) is 17.5 Å². The summed E-state index contributed by atoms with van der Waals surface area (Å²) in [7, 11) is 0. The van der Waals surface area contributed by atoms with Gasteiger partial charge in [0.15, 0.2) is 5.78 Å². The molecule has 0 aromatic heterocycles. The predicted octanol–water partition coefficient (Wildman–Crippen LogP) is 4.32. The molecule has 0 aliphatic heterocycles. The Morgan fingerprint density at radius 1 is 1.24 bits per heavy atom. The first kappa shape index (κ1) is 21.7. The molecule has 0 spiro atoms. The molecular formula is C17H24CeINO. The number of allylic oxidation sites excluding steroid dienone is 1. The summed E-state index contributed by atoms with van der Waals surface area (Å²) in [5.41, 5.74) is 2.71. The van der Waals surface area contributed by atoms with Gasteiger partial charge in [-0.05, 0) is 43.2 Å². The molecule has 4 heteroatoms. The van der Waals surface area contributed by atoms with Gasteiger partial charge in [-0.15, -0.1) is 0 Å². The number of rotatable bonds is 9. The van der Waals surface area contributed by atoms with Gasteiger partial charge >= 0.3 is 0 Å². The normalized spacial score (nSPS) is 11.1. The van der Waals surface area contributed by atoms with E-state index in [0.29, 0.717) is 6.54 Å². The number of benzene rings is 1. The molecule has 0 radical (unpaired) electrons. The minimum atomic E-state index is 0. The summed E-state index contributed by atoms with van der Waals surface area (Å²) < 4.78 is 1.23. The van der Waals surface area contributed by atoms with Crippen molar-refractivity contribution in [3.05, 3.63) is 47.0 Å². The minimum Gasteiger partial charge on any atom is -0.313 e. The number of carbonyl (C=O) groups excluding carboxylic acids is 1. The first-order valence-electron chi connectivity index (χ1n) is 7.23. The molecule has 0 aliphatic rings. The zero-order chi connectivity index (χ0) is 14.8. The smallest absolute Gasteiger partial charge is 0.190 e. The Bertz CT molecular complexity index is 460. The Labute approximate surface area is 176 Å². The number of Topliss-reactive ketones (excluding diaryl/α,β-unsaturated/α-hetero) is 1. The van der Waals surface area contributed by atoms with E-state index in [4.69, 9.17) is 0 Å². The van der Waals surface area contributed by atoms with E-state index in [2.05, 4.69) is 27.9 Å². The first-order valence-corrected chi connectivity index (χ1v) is 8.75. The topological polar surface area (TPSA) is 29.1 Å². The van der Waals surface area contributed by atoms with Crippen molar-refractivity contribution in [1.82, 2.24) is 5.32 Å². The summed E-state index contributed by atoms with van der Waals surface area (Å²) in [5.74, 6) is 0.144. The SMILES string of the molecule is C/C=C(/CNCCCCCI)C(=O)c1ccccc1C.[Ce]. The Kier molecular flexibility index (Phi) is 13.6. The van der Waals surface area contributed by atoms with Crippen LogP contribution < -0.4 is 5.32 Å². The van der Waals surface area contributed by atoms with E-state index in [1.54, 1.807) is 0 Å². The molecule has 1 aromatic carbocycles. The van der Waals surface area contributed by atoms with Gasteiger partial charge in [0.05, 0.1) is 0 Å². The number of nitrogens with one attached hydrogen (secondary N) is 1. The Morgan fingerprint density at radius 2 is 1.95 bits per heavy atom. The Balaban J connectivity index is 0.00000400. The second-order valence-corrected chi connectivity index (χ2v) is 5.96. The van der Waals surface area contributed by atoms with Crippen LogP contribution in [0.2, 0.25) is 0 Å². The Morgan fingerprint density at radius 3 is 2.57 bits per heavy atom. The number of halogens is 1. The molecule has 2 nitrogen and oxygen atoms in total. The number of carbonyl (C=O) groups is 1. The molecule has 0 atom stereocenters. The number of ketones is 1. The monoisotopic (exact) mass is 525 g/mol. The molecule has 1 aromatic rings. The molecule has 0 saturated heterocycles. The van der Waals surface area contributed by atoms with E-state index in [1.807, 2.05) is 44.2 Å². The average molecular weight is 525 g/mol. The van der Waals surface area contributed by atoms with E-state index >= 15 is 0 Å². The molecule has 0 heterocycles. The zero-order valence-electron chi connectivity index (χ0n) is 12.9. The van der Waals surface area contributed by atoms with Gasteiger partial charge in [0.1, 0.15) is 0 Å². The standard InChI is InChI=1S/C17H24INO.Ce/c1-3-15(13-19-12-8-4-7-11-18)17(20)16-10-6-5-9-14(16)2;/h3,5-6,9-10,19H,4,7-8,11-13H2,1-2H3;/b15-3-;. The van der Waals surface area contributed by atoms with Gasteiger partial charge in [-0.3, -0.25) is 4.79 Å². The maximum absolute atomic E-state index is 12.5. The van der Waals surface area contributed by atoms with E-state index < -0.39 is 0 Å². The van der Waals surface area contributed by atoms with E-state index in [0.717, 1.165) is 23.2 Å². The van der Waals surface area contributed by atoms with Gasteiger partial charge in [0.2, 0.25) is 0 Å². The fraction of sp³-hybridized carbons (Fsp3) is 0.471. The van der Waals surface area contributed by atoms with Crippen LogP contribution in [0.3, 0.4) is 0 Å². The molecule has 0 saturated carbocycles. The molecule has 114 valence electrons. The van der Waals surface area contributed by atoms with Crippen molar-refractivity contribution < 1.29 is 46.5 Å². The van der Waals surface area contributed by atoms with E-state index in [9.17, 15) is 4.79 Å². The molecule has 1 rings (SSSR count). The maximum atomic E-state index is 12.5. The quantitative estimate of drug-likeness (QED) is 0.171. The van der Waals surface area contributed by atoms with Crippen LogP contribution in [0.5, 0.6) is 0 Å². The predicted molar refractivity (Wildman–Crippen MR) is 94.9 cm³/mol. The van der Waals surface area contributed by atoms with Crippen LogP contribution in [-0.2, 0) is 0 Å². The molecule has 0 aliphatic carbocycles. The number of unbranched alkanes of at least 4 members (excludes halogenated alkanes) is 2. The zero-order valence-corrected chi connectivity index (χ0v) is 18.2. The van der Waals surface area contributed by atoms with Crippen molar-refractivity contribution in [2.45, 2.75) is 33.1 Å². The van der Waals surface area contributed by atoms with E-state index in [-0.39, 0.29) is 47.5 Å². The summed E-state index contributed by atoms with van der Waals surface area (Å²) in [5, 5.41) is 3.37. The molecule has 21 heavy (non-hydrogen) atoms. The number of alkyl halides is 1. The summed E-state index contributed by atoms with van der Waals surface area (Å²) in [4.78, 5) is 12.5. The summed E-state index contributed by atoms with van der Waals surface area (Å²) in [6.07, 6.45) is 5.64. The minimum absolute atomic E-state index is 0. The third-order valence-electron chi connectivity index (χ3n) is 3.33. The second kappa shape index (κ2) is 13.2. The average Bonchev–Trinajstić information content (AvgIpc) is 2.46. The fourth-order valence-corrected chi connectivity index (χ4v) is 2.60. The molecular weight excluding hydrogens is 501 g/mol. The molecule has 0 bridgehead atoms. The van der Waals surface area contributed by atoms with Crippen LogP contribution in [0.1, 0.15) is 42.1 Å². The van der Waals surface area contributed by atoms with Gasteiger partial charge in [0.25, 0.3) is 0 Å². The van der Waals surface area contributed by atoms with Crippen molar-refractivity contribution in [2.24, 2.45) is 0 Å². The van der Waals surface area contributed by atoms with Gasteiger partial charge in [-0.1, -0.05) is 59.4 Å². The van der Waals surface area contributed by atoms with Crippen molar-refractivity contribution >= 4 is 28.4 Å². The molecule has 0 amide bonds. The van der Waals surface area contributed by atoms with Crippen LogP contribution in [0.4, 0.5) is 0 Å². The first-order chi connectivity index (χ1) is 9.70. The van der Waals surface area contributed by atoms with Gasteiger partial charge < -0.3 is 5.32 Å². The second-order valence-electron chi connectivity index (χ2n) is 4.88. The van der Waals surface area contributed by atoms with Crippen LogP contribution in [-0.4, -0.2) is 23.3 Å². The van der Waals surface area contributed by atoms with Crippen LogP contribution in [0.25, 0.3) is 0 Å². The van der Waals surface area contributed by atoms with Gasteiger partial charge in [0, 0.05) is 59.4 Å². The number of aryl methyl sites for hydroxylation is 1. The Hall–Kier alpha value is 0.697. The van der Waals surface area contributed by atoms with Gasteiger partial charge in [-0.25, -0.2) is 0 Å². The summed E-state index contributed by atoms with van der Waals surface area (Å²) >= 11 is 2.41. The third-order valence-corrected chi connectivity index (χ3v) is 4.10. The summed E-state index contributed by atoms with van der Waals surface area (Å²) in [6.45, 7) is 5.56. The largest absolute Gasteiger partial charge is 0.313 e. The van der Waals surface area contributed by atoms with Crippen LogP contribution in [0.15, 0.2) is 35.9 Å². The third kappa shape index (κ3) is 8.20. The molecule has 0 unspecified atom stereocenters. The number of hydrogen-bond acceptors (Lipinski definition) is 2. The van der Waals surface area contributed by atoms with Crippen molar-refractivity contribution in [1.29, 1.82) is 0 Å². The van der Waals surface area contributed by atoms with E-state index in [1.165, 1.54) is 23.7 Å². The van der Waals surface area contributed by atoms with Crippen molar-refractivity contribution in [3.63, 3.8) is 0 Å². The van der Waals surface area contributed by atoms with Crippen molar-refractivity contribution in [3.8, 4) is 0 Å². The maximum Gasteiger partial charge on any atom is 0.190 e. The fourth-order valence-electron chi connectivity index (χ4n) is 2.06.